The van der Waals surface area contributed by atoms with Crippen LogP contribution in [0.15, 0.2) is 42.6 Å². The molecule has 2 heterocycles. The van der Waals surface area contributed by atoms with E-state index in [9.17, 15) is 4.79 Å². The second-order valence-corrected chi connectivity index (χ2v) is 7.17. The highest BCUT2D eigenvalue weighted by Gasteiger charge is 2.14. The van der Waals surface area contributed by atoms with Gasteiger partial charge in [-0.25, -0.2) is 4.98 Å². The fourth-order valence-electron chi connectivity index (χ4n) is 3.03. The lowest BCUT2D eigenvalue weighted by Gasteiger charge is -2.34. The van der Waals surface area contributed by atoms with Gasteiger partial charge in [0, 0.05) is 55.4 Å². The molecule has 0 spiro atoms. The zero-order valence-corrected chi connectivity index (χ0v) is 16.4. The van der Waals surface area contributed by atoms with Gasteiger partial charge in [0.15, 0.2) is 0 Å². The Bertz CT molecular complexity index is 753. The van der Waals surface area contributed by atoms with Crippen LogP contribution in [0.1, 0.15) is 30.6 Å². The maximum Gasteiger partial charge on any atom is 0.255 e. The van der Waals surface area contributed by atoms with E-state index in [1.165, 1.54) is 5.69 Å². The molecule has 6 nitrogen and oxygen atoms in total. The van der Waals surface area contributed by atoms with E-state index >= 15 is 0 Å². The molecule has 1 atom stereocenters. The summed E-state index contributed by atoms with van der Waals surface area (Å²) in [6, 6.07) is 11.9. The zero-order chi connectivity index (χ0) is 19.2. The average molecular weight is 367 g/mol. The fraction of sp³-hybridized carbons (Fsp3) is 0.429. The largest absolute Gasteiger partial charge is 0.369 e. The Balaban J connectivity index is 1.61. The molecule has 1 unspecified atom stereocenters. The number of carbonyl (C=O) groups excluding carboxylic acids is 1. The number of hydrogen-bond donors (Lipinski definition) is 2. The Morgan fingerprint density at radius 3 is 2.52 bits per heavy atom. The molecule has 144 valence electrons. The van der Waals surface area contributed by atoms with Crippen LogP contribution in [0.4, 0.5) is 17.2 Å². The maximum atomic E-state index is 12.6. The molecule has 2 aromatic rings. The van der Waals surface area contributed by atoms with E-state index in [4.69, 9.17) is 0 Å². The maximum absolute atomic E-state index is 12.6. The third-order valence-electron chi connectivity index (χ3n) is 5.02. The van der Waals surface area contributed by atoms with Crippen LogP contribution in [0.5, 0.6) is 0 Å². The number of likely N-dealkylation sites (N-methyl/N-ethyl adjacent to an activating group) is 1. The molecule has 1 aromatic carbocycles. The number of aromatic nitrogens is 1. The number of anilines is 3. The minimum Gasteiger partial charge on any atom is -0.369 e. The zero-order valence-electron chi connectivity index (χ0n) is 16.4. The number of nitrogens with zero attached hydrogens (tertiary/aromatic N) is 3. The summed E-state index contributed by atoms with van der Waals surface area (Å²) in [6.07, 6.45) is 2.66. The topological polar surface area (TPSA) is 60.5 Å². The summed E-state index contributed by atoms with van der Waals surface area (Å²) in [7, 11) is 2.15. The Kier molecular flexibility index (Phi) is 6.29. The standard InChI is InChI=1S/C21H29N5O/c1-4-16(2)23-20-15-17(9-10-22-20)21(27)24-18-5-7-19(8-6-18)26-13-11-25(3)12-14-26/h5-10,15-16H,4,11-14H2,1-3H3,(H,22,23)(H,24,27). The molecule has 1 aromatic heterocycles. The van der Waals surface area contributed by atoms with Crippen LogP contribution in [0.25, 0.3) is 0 Å². The summed E-state index contributed by atoms with van der Waals surface area (Å²) in [5.74, 6) is 0.597. The number of pyridine rings is 1. The molecular formula is C21H29N5O. The Morgan fingerprint density at radius 1 is 1.15 bits per heavy atom. The molecule has 0 radical (unpaired) electrons. The molecule has 6 heteroatoms. The normalized spacial score (nSPS) is 16.0. The van der Waals surface area contributed by atoms with E-state index in [2.05, 4.69) is 58.4 Å². The van der Waals surface area contributed by atoms with E-state index in [0.29, 0.717) is 11.6 Å². The minimum atomic E-state index is -0.128. The summed E-state index contributed by atoms with van der Waals surface area (Å²) in [4.78, 5) is 21.6. The summed E-state index contributed by atoms with van der Waals surface area (Å²) >= 11 is 0. The van der Waals surface area contributed by atoms with Crippen molar-refractivity contribution in [3.05, 3.63) is 48.2 Å². The van der Waals surface area contributed by atoms with Crippen LogP contribution in [0.3, 0.4) is 0 Å². The molecule has 0 bridgehead atoms. The second-order valence-electron chi connectivity index (χ2n) is 7.17. The van der Waals surface area contributed by atoms with Gasteiger partial charge in [-0.05, 0) is 56.8 Å². The number of nitrogens with one attached hydrogen (secondary N) is 2. The van der Waals surface area contributed by atoms with Gasteiger partial charge in [-0.3, -0.25) is 4.79 Å². The first-order valence-electron chi connectivity index (χ1n) is 9.62. The molecule has 1 amide bonds. The van der Waals surface area contributed by atoms with Crippen LogP contribution in [0.2, 0.25) is 0 Å². The molecule has 0 aliphatic carbocycles. The van der Waals surface area contributed by atoms with Crippen LogP contribution in [-0.2, 0) is 0 Å². The molecular weight excluding hydrogens is 338 g/mol. The van der Waals surface area contributed by atoms with Crippen molar-refractivity contribution in [2.75, 3.05) is 48.8 Å². The second kappa shape index (κ2) is 8.86. The first kappa shape index (κ1) is 19.2. The molecule has 0 saturated carbocycles. The van der Waals surface area contributed by atoms with Gasteiger partial charge in [0.05, 0.1) is 0 Å². The quantitative estimate of drug-likeness (QED) is 0.820. The lowest BCUT2D eigenvalue weighted by molar-refractivity contribution is 0.102. The van der Waals surface area contributed by atoms with Gasteiger partial charge in [0.25, 0.3) is 5.91 Å². The van der Waals surface area contributed by atoms with Gasteiger partial charge >= 0.3 is 0 Å². The van der Waals surface area contributed by atoms with E-state index < -0.39 is 0 Å². The molecule has 1 fully saturated rings. The number of carbonyl (C=O) groups is 1. The third kappa shape index (κ3) is 5.20. The fourth-order valence-corrected chi connectivity index (χ4v) is 3.03. The predicted molar refractivity (Wildman–Crippen MR) is 112 cm³/mol. The van der Waals surface area contributed by atoms with Gasteiger partial charge in [-0.15, -0.1) is 0 Å². The van der Waals surface area contributed by atoms with Crippen molar-refractivity contribution in [2.24, 2.45) is 0 Å². The van der Waals surface area contributed by atoms with Crippen LogP contribution < -0.4 is 15.5 Å². The molecule has 27 heavy (non-hydrogen) atoms. The SMILES string of the molecule is CCC(C)Nc1cc(C(=O)Nc2ccc(N3CCN(C)CC3)cc2)ccn1. The van der Waals surface area contributed by atoms with Crippen molar-refractivity contribution in [2.45, 2.75) is 26.3 Å². The number of amides is 1. The van der Waals surface area contributed by atoms with Gasteiger partial charge in [-0.2, -0.15) is 0 Å². The smallest absolute Gasteiger partial charge is 0.255 e. The highest BCUT2D eigenvalue weighted by molar-refractivity contribution is 6.04. The van der Waals surface area contributed by atoms with Crippen molar-refractivity contribution in [3.63, 3.8) is 0 Å². The lowest BCUT2D eigenvalue weighted by atomic mass is 10.2. The predicted octanol–water partition coefficient (Wildman–Crippen LogP) is 3.30. The summed E-state index contributed by atoms with van der Waals surface area (Å²) < 4.78 is 0. The lowest BCUT2D eigenvalue weighted by Crippen LogP contribution is -2.44. The summed E-state index contributed by atoms with van der Waals surface area (Å²) in [6.45, 7) is 8.42. The molecule has 2 N–H and O–H groups in total. The number of rotatable bonds is 6. The van der Waals surface area contributed by atoms with Gasteiger partial charge < -0.3 is 20.4 Å². The molecule has 3 rings (SSSR count). The first-order valence-corrected chi connectivity index (χ1v) is 9.62. The third-order valence-corrected chi connectivity index (χ3v) is 5.02. The van der Waals surface area contributed by atoms with E-state index in [-0.39, 0.29) is 5.91 Å². The van der Waals surface area contributed by atoms with Crippen molar-refractivity contribution in [3.8, 4) is 0 Å². The summed E-state index contributed by atoms with van der Waals surface area (Å²) in [5, 5.41) is 6.27. The number of benzene rings is 1. The molecule has 1 saturated heterocycles. The van der Waals surface area contributed by atoms with Crippen LogP contribution in [0, 0.1) is 0 Å². The average Bonchev–Trinajstić information content (AvgIpc) is 2.69. The van der Waals surface area contributed by atoms with Crippen LogP contribution >= 0.6 is 0 Å². The van der Waals surface area contributed by atoms with Crippen molar-refractivity contribution in [1.82, 2.24) is 9.88 Å². The number of piperazine rings is 1. The summed E-state index contributed by atoms with van der Waals surface area (Å²) in [5.41, 5.74) is 2.59. The van der Waals surface area contributed by atoms with Crippen molar-refractivity contribution < 1.29 is 4.79 Å². The monoisotopic (exact) mass is 367 g/mol. The molecule has 1 aliphatic rings. The Labute approximate surface area is 161 Å². The Morgan fingerprint density at radius 2 is 1.85 bits per heavy atom. The van der Waals surface area contributed by atoms with Gasteiger partial charge in [-0.1, -0.05) is 6.92 Å². The van der Waals surface area contributed by atoms with E-state index in [1.54, 1.807) is 18.3 Å². The minimum absolute atomic E-state index is 0.128. The van der Waals surface area contributed by atoms with Crippen molar-refractivity contribution >= 4 is 23.1 Å². The molecule has 1 aliphatic heterocycles. The van der Waals surface area contributed by atoms with Crippen LogP contribution in [-0.4, -0.2) is 55.1 Å². The highest BCUT2D eigenvalue weighted by atomic mass is 16.1. The van der Waals surface area contributed by atoms with E-state index in [0.717, 1.165) is 44.1 Å². The first-order chi connectivity index (χ1) is 13.0. The number of hydrogen-bond acceptors (Lipinski definition) is 5. The highest BCUT2D eigenvalue weighted by Crippen LogP contribution is 2.20. The van der Waals surface area contributed by atoms with E-state index in [1.807, 2.05) is 12.1 Å². The van der Waals surface area contributed by atoms with Gasteiger partial charge in [0.2, 0.25) is 0 Å². The Hall–Kier alpha value is -2.60. The van der Waals surface area contributed by atoms with Gasteiger partial charge in [0.1, 0.15) is 5.82 Å². The van der Waals surface area contributed by atoms with Crippen molar-refractivity contribution in [1.29, 1.82) is 0 Å².